The number of aromatic amines is 3. The summed E-state index contributed by atoms with van der Waals surface area (Å²) in [5.41, 5.74) is 4.82. The van der Waals surface area contributed by atoms with Crippen LogP contribution in [0.3, 0.4) is 0 Å². The van der Waals surface area contributed by atoms with Crippen molar-refractivity contribution in [1.82, 2.24) is 25.4 Å². The summed E-state index contributed by atoms with van der Waals surface area (Å²) in [5, 5.41) is 27.1. The third-order valence-corrected chi connectivity index (χ3v) is 5.08. The number of rotatable bonds is 6. The molecule has 0 aliphatic rings. The summed E-state index contributed by atoms with van der Waals surface area (Å²) in [6, 6.07) is 15.4. The highest BCUT2D eigenvalue weighted by Gasteiger charge is 2.11. The van der Waals surface area contributed by atoms with Crippen LogP contribution in [0.1, 0.15) is 27.0 Å². The molecule has 5 aromatic rings. The number of hydrogen-bond acceptors (Lipinski definition) is 5. The van der Waals surface area contributed by atoms with Gasteiger partial charge >= 0.3 is 0 Å². The molecule has 32 heavy (non-hydrogen) atoms. The predicted octanol–water partition coefficient (Wildman–Crippen LogP) is 3.91. The van der Waals surface area contributed by atoms with Crippen molar-refractivity contribution in [2.24, 2.45) is 4.99 Å². The standard InChI is InChI=1S/C23H19N7O2/c31-22(16-11-26-27-12-16)28-17-4-1-14(2-5-17)9-15-3-6-20-18(10-15)19(23(32)29-20)13-24-21-7-8-25-30-21/h1-8,10-13,29,32H,9H2,(H,25,30)(H,26,27)(H,28,31). The largest absolute Gasteiger partial charge is 0.494 e. The summed E-state index contributed by atoms with van der Waals surface area (Å²) >= 11 is 0. The molecule has 0 aliphatic carbocycles. The van der Waals surface area contributed by atoms with E-state index in [0.717, 1.165) is 22.0 Å². The molecule has 0 saturated heterocycles. The van der Waals surface area contributed by atoms with Crippen molar-refractivity contribution in [1.29, 1.82) is 0 Å². The van der Waals surface area contributed by atoms with Gasteiger partial charge in [0.05, 0.1) is 23.5 Å². The summed E-state index contributed by atoms with van der Waals surface area (Å²) in [4.78, 5) is 19.4. The number of amides is 1. The van der Waals surface area contributed by atoms with Crippen molar-refractivity contribution in [2.45, 2.75) is 6.42 Å². The number of hydrogen-bond donors (Lipinski definition) is 5. The van der Waals surface area contributed by atoms with Crippen LogP contribution >= 0.6 is 0 Å². The molecule has 158 valence electrons. The highest BCUT2D eigenvalue weighted by Crippen LogP contribution is 2.28. The second-order valence-electron chi connectivity index (χ2n) is 7.28. The van der Waals surface area contributed by atoms with Gasteiger partial charge in [0, 0.05) is 35.1 Å². The van der Waals surface area contributed by atoms with Gasteiger partial charge in [0.15, 0.2) is 5.88 Å². The first kappa shape index (κ1) is 19.3. The monoisotopic (exact) mass is 425 g/mol. The number of carbonyl (C=O) groups excluding carboxylic acids is 1. The van der Waals surface area contributed by atoms with Crippen LogP contribution in [-0.2, 0) is 6.42 Å². The highest BCUT2D eigenvalue weighted by atomic mass is 16.3. The predicted molar refractivity (Wildman–Crippen MR) is 122 cm³/mol. The second kappa shape index (κ2) is 8.23. The van der Waals surface area contributed by atoms with Crippen LogP contribution in [-0.4, -0.2) is 42.6 Å². The van der Waals surface area contributed by atoms with Gasteiger partial charge in [-0.05, 0) is 41.8 Å². The number of aromatic hydroxyl groups is 1. The molecule has 0 aliphatic heterocycles. The van der Waals surface area contributed by atoms with E-state index in [4.69, 9.17) is 0 Å². The molecule has 5 rings (SSSR count). The lowest BCUT2D eigenvalue weighted by Crippen LogP contribution is -2.10. The Morgan fingerprint density at radius 3 is 2.69 bits per heavy atom. The first-order valence-corrected chi connectivity index (χ1v) is 9.92. The van der Waals surface area contributed by atoms with Crippen molar-refractivity contribution in [3.8, 4) is 5.88 Å². The van der Waals surface area contributed by atoms with E-state index in [-0.39, 0.29) is 11.8 Å². The van der Waals surface area contributed by atoms with Gasteiger partial charge < -0.3 is 15.4 Å². The fourth-order valence-electron chi connectivity index (χ4n) is 3.46. The van der Waals surface area contributed by atoms with Crippen LogP contribution < -0.4 is 5.32 Å². The zero-order chi connectivity index (χ0) is 21.9. The zero-order valence-corrected chi connectivity index (χ0v) is 16.8. The van der Waals surface area contributed by atoms with Crippen molar-refractivity contribution in [3.05, 3.63) is 89.4 Å². The number of benzene rings is 2. The van der Waals surface area contributed by atoms with E-state index < -0.39 is 0 Å². The molecule has 0 radical (unpaired) electrons. The first-order valence-electron chi connectivity index (χ1n) is 9.92. The van der Waals surface area contributed by atoms with Gasteiger partial charge in [0.25, 0.3) is 5.91 Å². The lowest BCUT2D eigenvalue weighted by molar-refractivity contribution is 0.102. The molecule has 3 heterocycles. The van der Waals surface area contributed by atoms with Crippen LogP contribution in [0.5, 0.6) is 5.88 Å². The maximum Gasteiger partial charge on any atom is 0.258 e. The fourth-order valence-corrected chi connectivity index (χ4v) is 3.46. The van der Waals surface area contributed by atoms with Crippen molar-refractivity contribution in [3.63, 3.8) is 0 Å². The minimum atomic E-state index is -0.214. The van der Waals surface area contributed by atoms with Gasteiger partial charge in [-0.1, -0.05) is 18.2 Å². The quantitative estimate of drug-likeness (QED) is 0.264. The number of aliphatic imine (C=N–C) groups is 1. The molecular formula is C23H19N7O2. The normalized spacial score (nSPS) is 11.4. The third-order valence-electron chi connectivity index (χ3n) is 5.08. The minimum absolute atomic E-state index is 0.0677. The molecule has 0 saturated carbocycles. The molecule has 9 heteroatoms. The van der Waals surface area contributed by atoms with E-state index in [1.165, 1.54) is 6.20 Å². The number of fused-ring (bicyclic) bond motifs is 1. The summed E-state index contributed by atoms with van der Waals surface area (Å²) in [6.45, 7) is 0. The maximum absolute atomic E-state index is 12.1. The van der Waals surface area contributed by atoms with Crippen LogP contribution in [0.25, 0.3) is 10.9 Å². The second-order valence-corrected chi connectivity index (χ2v) is 7.28. The highest BCUT2D eigenvalue weighted by molar-refractivity contribution is 6.04. The molecule has 0 spiro atoms. The number of aromatic nitrogens is 5. The van der Waals surface area contributed by atoms with Gasteiger partial charge in [0.1, 0.15) is 5.82 Å². The summed E-state index contributed by atoms with van der Waals surface area (Å²) in [7, 11) is 0. The van der Waals surface area contributed by atoms with E-state index in [9.17, 15) is 9.90 Å². The molecule has 1 amide bonds. The summed E-state index contributed by atoms with van der Waals surface area (Å²) in [6.07, 6.45) is 6.96. The van der Waals surface area contributed by atoms with Gasteiger partial charge in [0.2, 0.25) is 0 Å². The Hall–Kier alpha value is -4.66. The minimum Gasteiger partial charge on any atom is -0.494 e. The number of nitrogens with one attached hydrogen (secondary N) is 4. The maximum atomic E-state index is 12.1. The van der Waals surface area contributed by atoms with Crippen LogP contribution in [0, 0.1) is 0 Å². The average molecular weight is 425 g/mol. The molecule has 0 bridgehead atoms. The topological polar surface area (TPSA) is 135 Å². The molecule has 5 N–H and O–H groups in total. The van der Waals surface area contributed by atoms with Gasteiger partial charge in [-0.3, -0.25) is 15.0 Å². The molecule has 9 nitrogen and oxygen atoms in total. The molecule has 3 aromatic heterocycles. The van der Waals surface area contributed by atoms with Gasteiger partial charge in [-0.2, -0.15) is 10.2 Å². The first-order chi connectivity index (χ1) is 15.7. The summed E-state index contributed by atoms with van der Waals surface area (Å²) < 4.78 is 0. The molecule has 2 aromatic carbocycles. The smallest absolute Gasteiger partial charge is 0.258 e. The van der Waals surface area contributed by atoms with E-state index in [2.05, 4.69) is 35.7 Å². The average Bonchev–Trinajstić information content (AvgIpc) is 3.55. The Kier molecular flexibility index (Phi) is 4.97. The van der Waals surface area contributed by atoms with Crippen LogP contribution in [0.2, 0.25) is 0 Å². The summed E-state index contributed by atoms with van der Waals surface area (Å²) in [5.74, 6) is 0.460. The number of nitrogens with zero attached hydrogens (tertiary/aromatic N) is 3. The number of carbonyl (C=O) groups is 1. The molecule has 0 atom stereocenters. The Bertz CT molecular complexity index is 1380. The Morgan fingerprint density at radius 2 is 1.94 bits per heavy atom. The van der Waals surface area contributed by atoms with Crippen molar-refractivity contribution < 1.29 is 9.90 Å². The Morgan fingerprint density at radius 1 is 1.09 bits per heavy atom. The van der Waals surface area contributed by atoms with E-state index in [1.54, 1.807) is 24.7 Å². The number of H-pyrrole nitrogens is 3. The SMILES string of the molecule is O=C(Nc1ccc(Cc2ccc3[nH]c(O)c(C=Nc4ccn[nH]4)c3c2)cc1)c1cn[nH]c1. The lowest BCUT2D eigenvalue weighted by atomic mass is 10.0. The molecule has 0 fully saturated rings. The van der Waals surface area contributed by atoms with E-state index in [0.29, 0.717) is 29.1 Å². The van der Waals surface area contributed by atoms with Crippen LogP contribution in [0.15, 0.2) is 72.1 Å². The van der Waals surface area contributed by atoms with Crippen molar-refractivity contribution >= 4 is 34.5 Å². The fraction of sp³-hybridized carbons (Fsp3) is 0.0435. The van der Waals surface area contributed by atoms with Crippen molar-refractivity contribution in [2.75, 3.05) is 5.32 Å². The van der Waals surface area contributed by atoms with Gasteiger partial charge in [-0.25, -0.2) is 4.99 Å². The van der Waals surface area contributed by atoms with Gasteiger partial charge in [-0.15, -0.1) is 0 Å². The zero-order valence-electron chi connectivity index (χ0n) is 16.8. The Balaban J connectivity index is 1.34. The third kappa shape index (κ3) is 3.99. The van der Waals surface area contributed by atoms with E-state index >= 15 is 0 Å². The number of anilines is 1. The van der Waals surface area contributed by atoms with Crippen LogP contribution in [0.4, 0.5) is 11.5 Å². The molecular weight excluding hydrogens is 406 g/mol. The molecule has 0 unspecified atom stereocenters. The lowest BCUT2D eigenvalue weighted by Gasteiger charge is -2.06. The van der Waals surface area contributed by atoms with E-state index in [1.807, 2.05) is 42.5 Å². The Labute approximate surface area is 182 Å².